The molecule has 1 atom stereocenters. The number of hydrogen-bond donors (Lipinski definition) is 2. The number of aromatic nitrogens is 1. The van der Waals surface area contributed by atoms with Crippen molar-refractivity contribution >= 4 is 61.5 Å². The highest BCUT2D eigenvalue weighted by atomic mass is 32.1. The van der Waals surface area contributed by atoms with Crippen LogP contribution in [0.15, 0.2) is 72.8 Å². The molecule has 0 radical (unpaired) electrons. The minimum absolute atomic E-state index is 0.0450. The predicted molar refractivity (Wildman–Crippen MR) is 136 cm³/mol. The van der Waals surface area contributed by atoms with E-state index in [2.05, 4.69) is 15.6 Å². The minimum Gasteiger partial charge on any atom is -0.326 e. The first-order valence-corrected chi connectivity index (χ1v) is 11.8. The average molecular weight is 502 g/mol. The molecule has 0 bridgehead atoms. The molecular weight excluding hydrogens is 482 g/mol. The van der Waals surface area contributed by atoms with Gasteiger partial charge < -0.3 is 10.2 Å². The normalized spacial score (nSPS) is 15.2. The van der Waals surface area contributed by atoms with Gasteiger partial charge in [0.25, 0.3) is 11.6 Å². The van der Waals surface area contributed by atoms with Gasteiger partial charge in [0.2, 0.25) is 11.8 Å². The Morgan fingerprint density at radius 2 is 1.78 bits per heavy atom. The van der Waals surface area contributed by atoms with Crippen molar-refractivity contribution in [3.05, 3.63) is 88.5 Å². The number of nitro benzene ring substituents is 1. The summed E-state index contributed by atoms with van der Waals surface area (Å²) in [6, 6.07) is 19.9. The number of rotatable bonds is 6. The van der Waals surface area contributed by atoms with E-state index < -0.39 is 16.7 Å². The third kappa shape index (κ3) is 4.77. The van der Waals surface area contributed by atoms with E-state index >= 15 is 0 Å². The number of carbonyl (C=O) groups is 3. The molecule has 11 heteroatoms. The number of fused-ring (bicyclic) bond motifs is 1. The summed E-state index contributed by atoms with van der Waals surface area (Å²) < 4.78 is 0.591. The van der Waals surface area contributed by atoms with Crippen LogP contribution in [0, 0.1) is 16.0 Å². The Labute approximate surface area is 208 Å². The molecule has 4 aromatic rings. The van der Waals surface area contributed by atoms with Crippen LogP contribution in [0.5, 0.6) is 0 Å². The third-order valence-corrected chi connectivity index (χ3v) is 6.72. The van der Waals surface area contributed by atoms with Gasteiger partial charge in [-0.2, -0.15) is 0 Å². The van der Waals surface area contributed by atoms with Crippen molar-refractivity contribution in [2.24, 2.45) is 5.92 Å². The average Bonchev–Trinajstić information content (AvgIpc) is 3.47. The summed E-state index contributed by atoms with van der Waals surface area (Å²) in [4.78, 5) is 54.1. The number of nitrogens with one attached hydrogen (secondary N) is 2. The van der Waals surface area contributed by atoms with Crippen LogP contribution in [0.1, 0.15) is 16.8 Å². The largest absolute Gasteiger partial charge is 0.326 e. The first-order valence-electron chi connectivity index (χ1n) is 11.0. The summed E-state index contributed by atoms with van der Waals surface area (Å²) in [5, 5.41) is 16.8. The Bertz CT molecular complexity index is 1490. The molecular formula is C25H19N5O5S. The van der Waals surface area contributed by atoms with E-state index in [1.807, 2.05) is 30.3 Å². The van der Waals surface area contributed by atoms with E-state index in [0.29, 0.717) is 33.1 Å². The summed E-state index contributed by atoms with van der Waals surface area (Å²) in [6.07, 6.45) is 0.131. The van der Waals surface area contributed by atoms with Gasteiger partial charge >= 0.3 is 0 Å². The van der Waals surface area contributed by atoms with E-state index in [4.69, 9.17) is 0 Å². The minimum atomic E-state index is -0.485. The number of nitrogens with zero attached hydrogens (tertiary/aromatic N) is 3. The van der Waals surface area contributed by atoms with Gasteiger partial charge in [0.05, 0.1) is 21.1 Å². The van der Waals surface area contributed by atoms with E-state index in [1.165, 1.54) is 18.2 Å². The van der Waals surface area contributed by atoms with Crippen molar-refractivity contribution in [3.8, 4) is 0 Å². The number of thiazole rings is 1. The maximum absolute atomic E-state index is 12.7. The molecule has 10 nitrogen and oxygen atoms in total. The Morgan fingerprint density at radius 3 is 2.50 bits per heavy atom. The maximum atomic E-state index is 12.7. The van der Waals surface area contributed by atoms with Crippen molar-refractivity contribution in [1.29, 1.82) is 0 Å². The Morgan fingerprint density at radius 1 is 1.03 bits per heavy atom. The highest BCUT2D eigenvalue weighted by Crippen LogP contribution is 2.30. The van der Waals surface area contributed by atoms with E-state index in [-0.39, 0.29) is 23.9 Å². The SMILES string of the molecule is O=C(Nc1nc2ccc([N+](=O)[O-])cc2s1)c1ccc(NC(=O)C2CC(=O)N(c3ccccc3)C2)cc1. The van der Waals surface area contributed by atoms with Gasteiger partial charge in [-0.3, -0.25) is 29.8 Å². The zero-order valence-corrected chi connectivity index (χ0v) is 19.5. The summed E-state index contributed by atoms with van der Waals surface area (Å²) in [7, 11) is 0. The highest BCUT2D eigenvalue weighted by molar-refractivity contribution is 7.22. The van der Waals surface area contributed by atoms with E-state index in [0.717, 1.165) is 17.0 Å². The van der Waals surface area contributed by atoms with Gasteiger partial charge in [-0.1, -0.05) is 29.5 Å². The fourth-order valence-corrected chi connectivity index (χ4v) is 4.83. The van der Waals surface area contributed by atoms with Crippen molar-refractivity contribution < 1.29 is 19.3 Å². The van der Waals surface area contributed by atoms with Crippen molar-refractivity contribution in [1.82, 2.24) is 4.98 Å². The molecule has 1 aliphatic heterocycles. The second kappa shape index (κ2) is 9.55. The molecule has 180 valence electrons. The van der Waals surface area contributed by atoms with Crippen LogP contribution in [0.4, 0.5) is 22.2 Å². The molecule has 36 heavy (non-hydrogen) atoms. The quantitative estimate of drug-likeness (QED) is 0.296. The van der Waals surface area contributed by atoms with Gasteiger partial charge in [0.1, 0.15) is 0 Å². The zero-order chi connectivity index (χ0) is 25.2. The Balaban J connectivity index is 1.20. The molecule has 1 fully saturated rings. The smallest absolute Gasteiger partial charge is 0.270 e. The predicted octanol–water partition coefficient (Wildman–Crippen LogP) is 4.45. The first kappa shape index (κ1) is 23.1. The van der Waals surface area contributed by atoms with Crippen molar-refractivity contribution in [2.75, 3.05) is 22.1 Å². The number of benzene rings is 3. The monoisotopic (exact) mass is 501 g/mol. The molecule has 2 N–H and O–H groups in total. The van der Waals surface area contributed by atoms with Crippen LogP contribution in [-0.4, -0.2) is 34.2 Å². The number of anilines is 3. The second-order valence-electron chi connectivity index (χ2n) is 8.19. The Hall–Kier alpha value is -4.64. The highest BCUT2D eigenvalue weighted by Gasteiger charge is 2.35. The summed E-state index contributed by atoms with van der Waals surface area (Å²) in [5.41, 5.74) is 2.13. The lowest BCUT2D eigenvalue weighted by atomic mass is 10.1. The lowest BCUT2D eigenvalue weighted by Gasteiger charge is -2.16. The molecule has 1 unspecified atom stereocenters. The summed E-state index contributed by atoms with van der Waals surface area (Å²) in [5.74, 6) is -1.24. The van der Waals surface area contributed by atoms with Crippen LogP contribution in [-0.2, 0) is 9.59 Å². The number of nitro groups is 1. The molecule has 1 aromatic heterocycles. The zero-order valence-electron chi connectivity index (χ0n) is 18.7. The summed E-state index contributed by atoms with van der Waals surface area (Å²) >= 11 is 1.14. The lowest BCUT2D eigenvalue weighted by molar-refractivity contribution is -0.384. The second-order valence-corrected chi connectivity index (χ2v) is 9.22. The molecule has 3 amide bonds. The molecule has 1 saturated heterocycles. The van der Waals surface area contributed by atoms with Crippen LogP contribution >= 0.6 is 11.3 Å². The molecule has 0 aliphatic carbocycles. The number of non-ortho nitro benzene ring substituents is 1. The topological polar surface area (TPSA) is 135 Å². The molecule has 2 heterocycles. The van der Waals surface area contributed by atoms with Gasteiger partial charge in [-0.25, -0.2) is 4.98 Å². The van der Waals surface area contributed by atoms with Crippen LogP contribution < -0.4 is 15.5 Å². The van der Waals surface area contributed by atoms with Crippen LogP contribution in [0.25, 0.3) is 10.2 Å². The van der Waals surface area contributed by atoms with Crippen molar-refractivity contribution in [3.63, 3.8) is 0 Å². The van der Waals surface area contributed by atoms with Gasteiger partial charge in [-0.05, 0) is 42.5 Å². The number of hydrogen-bond acceptors (Lipinski definition) is 7. The van der Waals surface area contributed by atoms with Crippen LogP contribution in [0.2, 0.25) is 0 Å². The van der Waals surface area contributed by atoms with E-state index in [1.54, 1.807) is 29.2 Å². The van der Waals surface area contributed by atoms with E-state index in [9.17, 15) is 24.5 Å². The summed E-state index contributed by atoms with van der Waals surface area (Å²) in [6.45, 7) is 0.306. The third-order valence-electron chi connectivity index (χ3n) is 5.78. The molecule has 1 aliphatic rings. The lowest BCUT2D eigenvalue weighted by Crippen LogP contribution is -2.28. The van der Waals surface area contributed by atoms with Gasteiger partial charge in [-0.15, -0.1) is 0 Å². The van der Waals surface area contributed by atoms with Gasteiger partial charge in [0, 0.05) is 42.0 Å². The molecule has 0 spiro atoms. The number of para-hydroxylation sites is 1. The molecule has 5 rings (SSSR count). The Kier molecular flexibility index (Phi) is 6.13. The number of carbonyl (C=O) groups excluding carboxylic acids is 3. The fraction of sp³-hybridized carbons (Fsp3) is 0.120. The molecule has 0 saturated carbocycles. The number of amides is 3. The van der Waals surface area contributed by atoms with Gasteiger partial charge in [0.15, 0.2) is 5.13 Å². The molecule has 3 aromatic carbocycles. The standard InChI is InChI=1S/C25H19N5O5S/c31-22-12-16(14-29(22)18-4-2-1-3-5-18)24(33)26-17-8-6-15(7-9-17)23(32)28-25-27-20-11-10-19(30(34)35)13-21(20)36-25/h1-11,13,16H,12,14H2,(H,26,33)(H,27,28,32). The fourth-order valence-electron chi connectivity index (χ4n) is 3.94. The maximum Gasteiger partial charge on any atom is 0.270 e. The van der Waals surface area contributed by atoms with Crippen molar-refractivity contribution in [2.45, 2.75) is 6.42 Å². The first-order chi connectivity index (χ1) is 17.4. The van der Waals surface area contributed by atoms with Crippen LogP contribution in [0.3, 0.4) is 0 Å².